The minimum atomic E-state index is -0.628. The Morgan fingerprint density at radius 1 is 1.09 bits per heavy atom. The Morgan fingerprint density at radius 3 is 2.50 bits per heavy atom. The molecule has 0 aliphatic carbocycles. The topological polar surface area (TPSA) is 83.3 Å². The van der Waals surface area contributed by atoms with E-state index in [0.29, 0.717) is 19.1 Å². The van der Waals surface area contributed by atoms with Crippen molar-refractivity contribution < 1.29 is 14.3 Å². The van der Waals surface area contributed by atoms with Crippen LogP contribution >= 0.6 is 0 Å². The minimum Gasteiger partial charge on any atom is -0.383 e. The van der Waals surface area contributed by atoms with E-state index in [-0.39, 0.29) is 18.5 Å². The van der Waals surface area contributed by atoms with Crippen molar-refractivity contribution in [2.75, 3.05) is 27.3 Å². The number of likely N-dealkylation sites (N-methyl/N-ethyl adjacent to an activating group) is 1. The Kier molecular flexibility index (Phi) is 5.77. The summed E-state index contributed by atoms with van der Waals surface area (Å²) in [5.74, 6) is 0.305. The van der Waals surface area contributed by atoms with Gasteiger partial charge in [-0.3, -0.25) is 9.69 Å². The smallest absolute Gasteiger partial charge is 0.328 e. The maximum Gasteiger partial charge on any atom is 0.328 e. The molecule has 2 aromatic rings. The van der Waals surface area contributed by atoms with E-state index in [9.17, 15) is 9.59 Å². The fraction of sp³-hybridized carbons (Fsp3) is 0.478. The highest BCUT2D eigenvalue weighted by molar-refractivity contribution is 6.04. The maximum absolute atomic E-state index is 13.7. The van der Waals surface area contributed by atoms with Crippen LogP contribution in [0.2, 0.25) is 0 Å². The molecule has 170 valence electrons. The Morgan fingerprint density at radius 2 is 1.84 bits per heavy atom. The first-order chi connectivity index (χ1) is 15.2. The number of hydrogen-bond donors (Lipinski definition) is 0. The van der Waals surface area contributed by atoms with E-state index < -0.39 is 12.2 Å². The summed E-state index contributed by atoms with van der Waals surface area (Å²) in [6, 6.07) is 7.05. The fourth-order valence-corrected chi connectivity index (χ4v) is 4.39. The van der Waals surface area contributed by atoms with Gasteiger partial charge in [-0.1, -0.05) is 23.8 Å². The number of carbonyl (C=O) groups excluding carboxylic acids is 2. The van der Waals surface area contributed by atoms with Crippen LogP contribution in [0.3, 0.4) is 0 Å². The number of carbonyl (C=O) groups is 2. The number of methoxy groups -OCH3 is 1. The van der Waals surface area contributed by atoms with E-state index in [4.69, 9.17) is 9.73 Å². The van der Waals surface area contributed by atoms with Crippen molar-refractivity contribution >= 4 is 17.9 Å². The summed E-state index contributed by atoms with van der Waals surface area (Å²) in [6.07, 6.45) is -0.611. The van der Waals surface area contributed by atoms with Crippen LogP contribution in [0, 0.1) is 27.7 Å². The Hall–Kier alpha value is -3.20. The number of amides is 3. The highest BCUT2D eigenvalue weighted by Crippen LogP contribution is 2.30. The number of nitrogens with zero attached hydrogens (tertiary/aromatic N) is 6. The van der Waals surface area contributed by atoms with Gasteiger partial charge in [0, 0.05) is 26.4 Å². The van der Waals surface area contributed by atoms with Gasteiger partial charge in [-0.05, 0) is 44.9 Å². The number of fused-ring (bicyclic) bond motifs is 1. The molecule has 0 spiro atoms. The molecule has 9 heteroatoms. The third-order valence-electron chi connectivity index (χ3n) is 6.14. The summed E-state index contributed by atoms with van der Waals surface area (Å²) >= 11 is 0. The van der Waals surface area contributed by atoms with Crippen molar-refractivity contribution in [3.63, 3.8) is 0 Å². The molecule has 3 heterocycles. The second-order valence-electron chi connectivity index (χ2n) is 8.56. The lowest BCUT2D eigenvalue weighted by atomic mass is 10.0. The van der Waals surface area contributed by atoms with Gasteiger partial charge in [0.15, 0.2) is 12.2 Å². The Labute approximate surface area is 188 Å². The number of ether oxygens (including phenoxy) is 1. The number of hydrogen-bond acceptors (Lipinski definition) is 6. The number of aromatic nitrogens is 2. The van der Waals surface area contributed by atoms with E-state index >= 15 is 0 Å². The SMILES string of the molecule is COCCN1C(n2nc(C)cc2C)=NC2C1C(=O)N(Cc1cc(C)ccc1C)C(=O)N2C. The zero-order valence-electron chi connectivity index (χ0n) is 19.5. The van der Waals surface area contributed by atoms with Gasteiger partial charge >= 0.3 is 6.03 Å². The predicted octanol–water partition coefficient (Wildman–Crippen LogP) is 2.07. The molecule has 0 radical (unpaired) electrons. The second-order valence-corrected chi connectivity index (χ2v) is 8.56. The van der Waals surface area contributed by atoms with Gasteiger partial charge in [-0.15, -0.1) is 0 Å². The van der Waals surface area contributed by atoms with Crippen molar-refractivity contribution in [2.45, 2.75) is 46.4 Å². The lowest BCUT2D eigenvalue weighted by molar-refractivity contribution is -0.138. The summed E-state index contributed by atoms with van der Waals surface area (Å²) in [7, 11) is 3.32. The summed E-state index contributed by atoms with van der Waals surface area (Å²) in [5.41, 5.74) is 4.87. The lowest BCUT2D eigenvalue weighted by Gasteiger charge is -2.41. The molecule has 0 bridgehead atoms. The van der Waals surface area contributed by atoms with Crippen LogP contribution in [0.15, 0.2) is 29.3 Å². The van der Waals surface area contributed by atoms with Crippen LogP contribution < -0.4 is 0 Å². The number of benzene rings is 1. The summed E-state index contributed by atoms with van der Waals surface area (Å²) < 4.78 is 7.05. The molecule has 2 atom stereocenters. The molecule has 4 rings (SSSR count). The normalized spacial score (nSPS) is 20.8. The summed E-state index contributed by atoms with van der Waals surface area (Å²) in [6.45, 7) is 8.96. The van der Waals surface area contributed by atoms with E-state index in [2.05, 4.69) is 5.10 Å². The average molecular weight is 439 g/mol. The molecular weight excluding hydrogens is 408 g/mol. The van der Waals surface area contributed by atoms with Gasteiger partial charge in [0.1, 0.15) is 0 Å². The molecule has 3 amide bonds. The van der Waals surface area contributed by atoms with Crippen LogP contribution in [0.1, 0.15) is 28.1 Å². The first kappa shape index (κ1) is 22.0. The van der Waals surface area contributed by atoms with E-state index in [1.165, 1.54) is 4.90 Å². The van der Waals surface area contributed by atoms with Crippen molar-refractivity contribution in [1.82, 2.24) is 24.5 Å². The lowest BCUT2D eigenvalue weighted by Crippen LogP contribution is -2.65. The van der Waals surface area contributed by atoms with Gasteiger partial charge in [0.2, 0.25) is 5.96 Å². The van der Waals surface area contributed by atoms with Gasteiger partial charge in [0.05, 0.1) is 18.8 Å². The molecule has 9 nitrogen and oxygen atoms in total. The van der Waals surface area contributed by atoms with Crippen LogP contribution in [0.5, 0.6) is 0 Å². The van der Waals surface area contributed by atoms with Crippen LogP contribution in [0.4, 0.5) is 4.79 Å². The largest absolute Gasteiger partial charge is 0.383 e. The van der Waals surface area contributed by atoms with E-state index in [1.807, 2.05) is 56.9 Å². The number of aryl methyl sites for hydroxylation is 4. The van der Waals surface area contributed by atoms with Crippen molar-refractivity contribution in [1.29, 1.82) is 0 Å². The average Bonchev–Trinajstić information content (AvgIpc) is 3.29. The molecule has 1 aromatic heterocycles. The van der Waals surface area contributed by atoms with Gasteiger partial charge in [-0.2, -0.15) is 5.10 Å². The predicted molar refractivity (Wildman–Crippen MR) is 120 cm³/mol. The first-order valence-corrected chi connectivity index (χ1v) is 10.7. The molecular formula is C23H30N6O3. The van der Waals surface area contributed by atoms with Crippen molar-refractivity contribution in [2.24, 2.45) is 4.99 Å². The monoisotopic (exact) mass is 438 g/mol. The van der Waals surface area contributed by atoms with Crippen LogP contribution in [-0.2, 0) is 16.1 Å². The van der Waals surface area contributed by atoms with Gasteiger partial charge in [-0.25, -0.2) is 14.5 Å². The second kappa shape index (κ2) is 8.38. The number of urea groups is 1. The molecule has 1 aromatic carbocycles. The fourth-order valence-electron chi connectivity index (χ4n) is 4.39. The maximum atomic E-state index is 13.7. The van der Waals surface area contributed by atoms with Crippen LogP contribution in [0.25, 0.3) is 0 Å². The highest BCUT2D eigenvalue weighted by Gasteiger charge is 2.52. The minimum absolute atomic E-state index is 0.228. The van der Waals surface area contributed by atoms with Crippen LogP contribution in [-0.4, -0.2) is 81.9 Å². The molecule has 0 saturated carbocycles. The first-order valence-electron chi connectivity index (χ1n) is 10.7. The molecule has 1 fully saturated rings. The van der Waals surface area contributed by atoms with Gasteiger partial charge in [0.25, 0.3) is 5.91 Å². The number of imide groups is 1. The zero-order chi connectivity index (χ0) is 23.2. The molecule has 2 aliphatic rings. The number of aliphatic imine (C=N–C) groups is 1. The quantitative estimate of drug-likeness (QED) is 0.714. The number of rotatable bonds is 5. The van der Waals surface area contributed by atoms with E-state index in [0.717, 1.165) is 28.1 Å². The van der Waals surface area contributed by atoms with Gasteiger partial charge < -0.3 is 14.5 Å². The van der Waals surface area contributed by atoms with Crippen molar-refractivity contribution in [3.8, 4) is 0 Å². The molecule has 1 saturated heterocycles. The Bertz CT molecular complexity index is 1090. The summed E-state index contributed by atoms with van der Waals surface area (Å²) in [5, 5.41) is 4.56. The highest BCUT2D eigenvalue weighted by atomic mass is 16.5. The zero-order valence-corrected chi connectivity index (χ0v) is 19.5. The molecule has 2 unspecified atom stereocenters. The van der Waals surface area contributed by atoms with Crippen molar-refractivity contribution in [3.05, 3.63) is 52.3 Å². The third-order valence-corrected chi connectivity index (χ3v) is 6.14. The Balaban J connectivity index is 1.71. The molecule has 0 N–H and O–H groups in total. The molecule has 2 aliphatic heterocycles. The summed E-state index contributed by atoms with van der Waals surface area (Å²) in [4.78, 5) is 36.5. The standard InChI is InChI=1S/C23H30N6O3/c1-14-7-8-15(2)18(11-14)13-28-21(30)19-20(26(5)23(28)31)24-22(27(19)9-10-32-6)29-17(4)12-16(3)25-29/h7-8,11-12,19-20H,9-10,13H2,1-6H3. The van der Waals surface area contributed by atoms with E-state index in [1.54, 1.807) is 23.7 Å². The molecule has 32 heavy (non-hydrogen) atoms. The third kappa shape index (κ3) is 3.66.